The Morgan fingerprint density at radius 1 is 1.08 bits per heavy atom. The maximum atomic E-state index is 5.17. The molecular weight excluding hydrogens is 304 g/mol. The number of rotatable bonds is 11. The molecule has 1 aromatic carbocycles. The lowest BCUT2D eigenvalue weighted by Crippen LogP contribution is -2.39. The molecule has 0 aliphatic heterocycles. The number of benzene rings is 1. The summed E-state index contributed by atoms with van der Waals surface area (Å²) in [6, 6.07) is 8.16. The van der Waals surface area contributed by atoms with Crippen LogP contribution in [0.3, 0.4) is 0 Å². The summed E-state index contributed by atoms with van der Waals surface area (Å²) >= 11 is 0. The van der Waals surface area contributed by atoms with Crippen LogP contribution in [0.5, 0.6) is 5.75 Å². The molecule has 0 saturated carbocycles. The number of hydrogen-bond acceptors (Lipinski definition) is 4. The van der Waals surface area contributed by atoms with Gasteiger partial charge in [-0.15, -0.1) is 0 Å². The summed E-state index contributed by atoms with van der Waals surface area (Å²) < 4.78 is 10.2. The van der Waals surface area contributed by atoms with Gasteiger partial charge in [0, 0.05) is 33.8 Å². The number of ether oxygens (including phenoxy) is 2. The van der Waals surface area contributed by atoms with Crippen LogP contribution in [0.1, 0.15) is 12.0 Å². The van der Waals surface area contributed by atoms with Crippen LogP contribution in [0, 0.1) is 0 Å². The minimum Gasteiger partial charge on any atom is -0.497 e. The number of nitrogens with zero attached hydrogens (tertiary/aromatic N) is 2. The van der Waals surface area contributed by atoms with Gasteiger partial charge in [-0.1, -0.05) is 12.1 Å². The Balaban J connectivity index is 2.16. The van der Waals surface area contributed by atoms with Crippen molar-refractivity contribution in [1.29, 1.82) is 0 Å². The summed E-state index contributed by atoms with van der Waals surface area (Å²) in [6.07, 6.45) is 2.02. The van der Waals surface area contributed by atoms with E-state index in [2.05, 4.69) is 39.7 Å². The van der Waals surface area contributed by atoms with Crippen molar-refractivity contribution < 1.29 is 9.47 Å². The standard InChI is InChI=1S/C18H32N4O2/c1-19-18(20-11-5-13-22(2)14-15-23-3)21-12-10-16-6-8-17(24-4)9-7-16/h6-9H,5,10-15H2,1-4H3,(H2,19,20,21). The van der Waals surface area contributed by atoms with E-state index in [1.165, 1.54) is 5.56 Å². The monoisotopic (exact) mass is 336 g/mol. The lowest BCUT2D eigenvalue weighted by atomic mass is 10.1. The highest BCUT2D eigenvalue weighted by Crippen LogP contribution is 2.11. The number of likely N-dealkylation sites (N-methyl/N-ethyl adjacent to an activating group) is 1. The highest BCUT2D eigenvalue weighted by atomic mass is 16.5. The predicted octanol–water partition coefficient (Wildman–Crippen LogP) is 1.37. The molecule has 0 radical (unpaired) electrons. The Hall–Kier alpha value is -1.79. The van der Waals surface area contributed by atoms with E-state index in [0.29, 0.717) is 0 Å². The number of nitrogens with one attached hydrogen (secondary N) is 2. The van der Waals surface area contributed by atoms with E-state index >= 15 is 0 Å². The van der Waals surface area contributed by atoms with E-state index in [1.807, 2.05) is 12.1 Å². The lowest BCUT2D eigenvalue weighted by molar-refractivity contribution is 0.161. The Morgan fingerprint density at radius 3 is 2.42 bits per heavy atom. The van der Waals surface area contributed by atoms with Crippen molar-refractivity contribution in [3.8, 4) is 5.75 Å². The van der Waals surface area contributed by atoms with Crippen molar-refractivity contribution >= 4 is 5.96 Å². The Morgan fingerprint density at radius 2 is 1.79 bits per heavy atom. The zero-order chi connectivity index (χ0) is 17.6. The molecule has 24 heavy (non-hydrogen) atoms. The van der Waals surface area contributed by atoms with Crippen LogP contribution < -0.4 is 15.4 Å². The molecule has 6 heteroatoms. The molecule has 0 atom stereocenters. The quantitative estimate of drug-likeness (QED) is 0.363. The minimum absolute atomic E-state index is 0.776. The van der Waals surface area contributed by atoms with Crippen LogP contribution in [0.4, 0.5) is 0 Å². The third kappa shape index (κ3) is 8.74. The molecule has 2 N–H and O–H groups in total. The van der Waals surface area contributed by atoms with Crippen LogP contribution in [0.2, 0.25) is 0 Å². The molecule has 0 amide bonds. The van der Waals surface area contributed by atoms with Gasteiger partial charge in [0.05, 0.1) is 13.7 Å². The van der Waals surface area contributed by atoms with Gasteiger partial charge in [0.1, 0.15) is 5.75 Å². The summed E-state index contributed by atoms with van der Waals surface area (Å²) in [6.45, 7) is 4.53. The topological polar surface area (TPSA) is 58.1 Å². The summed E-state index contributed by atoms with van der Waals surface area (Å²) in [5, 5.41) is 6.69. The largest absolute Gasteiger partial charge is 0.497 e. The van der Waals surface area contributed by atoms with Gasteiger partial charge in [-0.05, 0) is 44.1 Å². The predicted molar refractivity (Wildman–Crippen MR) is 100 cm³/mol. The zero-order valence-corrected chi connectivity index (χ0v) is 15.5. The highest BCUT2D eigenvalue weighted by Gasteiger charge is 2.00. The first-order valence-electron chi connectivity index (χ1n) is 8.44. The second kappa shape index (κ2) is 12.6. The number of guanidine groups is 1. The first kappa shape index (κ1) is 20.3. The van der Waals surface area contributed by atoms with Gasteiger partial charge in [0.15, 0.2) is 5.96 Å². The van der Waals surface area contributed by atoms with Crippen LogP contribution in [-0.2, 0) is 11.2 Å². The Kier molecular flexibility index (Phi) is 10.6. The maximum Gasteiger partial charge on any atom is 0.190 e. The molecule has 136 valence electrons. The third-order valence-electron chi connectivity index (χ3n) is 3.77. The first-order valence-corrected chi connectivity index (χ1v) is 8.44. The molecule has 0 heterocycles. The molecule has 0 fully saturated rings. The normalized spacial score (nSPS) is 11.6. The lowest BCUT2D eigenvalue weighted by Gasteiger charge is -2.17. The van der Waals surface area contributed by atoms with E-state index in [9.17, 15) is 0 Å². The second-order valence-electron chi connectivity index (χ2n) is 5.67. The molecule has 1 aromatic rings. The van der Waals surface area contributed by atoms with E-state index < -0.39 is 0 Å². The smallest absolute Gasteiger partial charge is 0.190 e. The Bertz CT molecular complexity index is 463. The van der Waals surface area contributed by atoms with Crippen LogP contribution >= 0.6 is 0 Å². The van der Waals surface area contributed by atoms with Crippen molar-refractivity contribution in [2.24, 2.45) is 4.99 Å². The molecule has 1 rings (SSSR count). The van der Waals surface area contributed by atoms with Gasteiger partial charge >= 0.3 is 0 Å². The first-order chi connectivity index (χ1) is 11.7. The molecule has 0 bridgehead atoms. The second-order valence-corrected chi connectivity index (χ2v) is 5.67. The molecule has 0 aliphatic rings. The van der Waals surface area contributed by atoms with Gasteiger partial charge < -0.3 is 25.0 Å². The molecule has 0 saturated heterocycles. The number of hydrogen-bond donors (Lipinski definition) is 2. The maximum absolute atomic E-state index is 5.17. The van der Waals surface area contributed by atoms with Crippen molar-refractivity contribution in [3.63, 3.8) is 0 Å². The number of methoxy groups -OCH3 is 2. The highest BCUT2D eigenvalue weighted by molar-refractivity contribution is 5.79. The molecule has 0 spiro atoms. The van der Waals surface area contributed by atoms with Crippen molar-refractivity contribution in [2.75, 3.05) is 61.1 Å². The van der Waals surface area contributed by atoms with Crippen molar-refractivity contribution in [2.45, 2.75) is 12.8 Å². The fourth-order valence-corrected chi connectivity index (χ4v) is 2.25. The van der Waals surface area contributed by atoms with Crippen molar-refractivity contribution in [1.82, 2.24) is 15.5 Å². The third-order valence-corrected chi connectivity index (χ3v) is 3.77. The number of aliphatic imine (C=N–C) groups is 1. The van der Waals surface area contributed by atoms with Crippen molar-refractivity contribution in [3.05, 3.63) is 29.8 Å². The van der Waals surface area contributed by atoms with Crippen LogP contribution in [-0.4, -0.2) is 72.0 Å². The minimum atomic E-state index is 0.776. The summed E-state index contributed by atoms with van der Waals surface area (Å²) in [7, 11) is 7.33. The molecule has 0 aliphatic carbocycles. The van der Waals surface area contributed by atoms with E-state index in [0.717, 1.165) is 57.3 Å². The van der Waals surface area contributed by atoms with E-state index in [-0.39, 0.29) is 0 Å². The molecular formula is C18H32N4O2. The van der Waals surface area contributed by atoms with Gasteiger partial charge in [-0.25, -0.2) is 0 Å². The fourth-order valence-electron chi connectivity index (χ4n) is 2.25. The summed E-state index contributed by atoms with van der Waals surface area (Å²) in [5.74, 6) is 1.74. The van der Waals surface area contributed by atoms with Gasteiger partial charge in [-0.2, -0.15) is 0 Å². The van der Waals surface area contributed by atoms with Gasteiger partial charge in [0.2, 0.25) is 0 Å². The van der Waals surface area contributed by atoms with Crippen LogP contribution in [0.25, 0.3) is 0 Å². The van der Waals surface area contributed by atoms with Gasteiger partial charge in [-0.3, -0.25) is 4.99 Å². The SMILES string of the molecule is CN=C(NCCCN(C)CCOC)NCCc1ccc(OC)cc1. The zero-order valence-electron chi connectivity index (χ0n) is 15.5. The summed E-state index contributed by atoms with van der Waals surface area (Å²) in [4.78, 5) is 6.52. The van der Waals surface area contributed by atoms with Gasteiger partial charge in [0.25, 0.3) is 0 Å². The molecule has 6 nitrogen and oxygen atoms in total. The fraction of sp³-hybridized carbons (Fsp3) is 0.611. The van der Waals surface area contributed by atoms with Crippen LogP contribution in [0.15, 0.2) is 29.3 Å². The van der Waals surface area contributed by atoms with E-state index in [1.54, 1.807) is 21.3 Å². The average molecular weight is 336 g/mol. The summed E-state index contributed by atoms with van der Waals surface area (Å²) in [5.41, 5.74) is 1.28. The van der Waals surface area contributed by atoms with E-state index in [4.69, 9.17) is 9.47 Å². The average Bonchev–Trinajstić information content (AvgIpc) is 2.62. The molecule has 0 aromatic heterocycles. The molecule has 0 unspecified atom stereocenters. The Labute approximate surface area is 146 Å².